The van der Waals surface area contributed by atoms with Crippen LogP contribution in [0.5, 0.6) is 11.5 Å². The summed E-state index contributed by atoms with van der Waals surface area (Å²) in [7, 11) is 2.94. The topological polar surface area (TPSA) is 93.1 Å². The predicted octanol–water partition coefficient (Wildman–Crippen LogP) is 2.80. The van der Waals surface area contributed by atoms with Gasteiger partial charge in [0.25, 0.3) is 0 Å². The zero-order chi connectivity index (χ0) is 19.8. The monoisotopic (exact) mass is 372 g/mol. The Kier molecular flexibility index (Phi) is 7.37. The third kappa shape index (κ3) is 6.11. The highest BCUT2D eigenvalue weighted by Gasteiger charge is 2.20. The Morgan fingerprint density at radius 3 is 2.59 bits per heavy atom. The summed E-state index contributed by atoms with van der Waals surface area (Å²) < 4.78 is 10.1. The largest absolute Gasteiger partial charge is 0.504 e. The van der Waals surface area contributed by atoms with Gasteiger partial charge in [-0.15, -0.1) is 0 Å². The first-order valence-electron chi connectivity index (χ1n) is 8.65. The van der Waals surface area contributed by atoms with Crippen LogP contribution >= 0.6 is 0 Å². The quantitative estimate of drug-likeness (QED) is 0.538. The Hall–Kier alpha value is -2.86. The number of aliphatic hydroxyl groups excluding tert-OH is 1. The third-order valence-corrected chi connectivity index (χ3v) is 4.26. The van der Waals surface area contributed by atoms with Gasteiger partial charge in [0.05, 0.1) is 20.6 Å². The van der Waals surface area contributed by atoms with Crippen LogP contribution in [0.1, 0.15) is 24.8 Å². The van der Waals surface area contributed by atoms with Crippen molar-refractivity contribution in [3.8, 4) is 11.5 Å². The molecule has 1 aliphatic rings. The zero-order valence-corrected chi connectivity index (χ0v) is 15.4. The lowest BCUT2D eigenvalue weighted by Gasteiger charge is -2.22. The number of allylic oxidation sites excluding steroid dienone is 4. The van der Waals surface area contributed by atoms with E-state index < -0.39 is 6.10 Å². The van der Waals surface area contributed by atoms with Gasteiger partial charge in [-0.1, -0.05) is 18.2 Å². The molecule has 0 fully saturated rings. The number of ether oxygens (including phenoxy) is 2. The maximum atomic E-state index is 12.0. The number of hydrogen-bond donors (Lipinski definition) is 2. The van der Waals surface area contributed by atoms with Crippen LogP contribution in [0.4, 0.5) is 0 Å². The van der Waals surface area contributed by atoms with Crippen LogP contribution < -0.4 is 4.74 Å². The molecule has 27 heavy (non-hydrogen) atoms. The third-order valence-electron chi connectivity index (χ3n) is 4.26. The van der Waals surface area contributed by atoms with E-state index in [1.165, 1.54) is 32.4 Å². The van der Waals surface area contributed by atoms with Gasteiger partial charge >= 0.3 is 0 Å². The second-order valence-electron chi connectivity index (χ2n) is 6.26. The highest BCUT2D eigenvalue weighted by Crippen LogP contribution is 2.27. The molecular weight excluding hydrogens is 348 g/mol. The van der Waals surface area contributed by atoms with Gasteiger partial charge in [-0.05, 0) is 54.7 Å². The van der Waals surface area contributed by atoms with Crippen LogP contribution in [0.2, 0.25) is 0 Å². The fourth-order valence-corrected chi connectivity index (χ4v) is 2.76. The standard InChI is InChI=1S/C21H24O6/c1-26-20-11-14(5-9-18(20)24)3-7-16(22)13-17(23)8-4-15-6-10-19(25)21(12-15)27-2/h3-5,7-9,11-12,15,19,24-25H,6,10,13H2,1-2H3/b7-3+,8-4+/t15-,19-/m0/s1. The normalized spacial score (nSPS) is 19.9. The van der Waals surface area contributed by atoms with Gasteiger partial charge < -0.3 is 19.7 Å². The average Bonchev–Trinajstić information content (AvgIpc) is 2.66. The number of rotatable bonds is 8. The summed E-state index contributed by atoms with van der Waals surface area (Å²) in [6.07, 6.45) is 8.29. The van der Waals surface area contributed by atoms with Crippen molar-refractivity contribution in [2.75, 3.05) is 14.2 Å². The molecule has 2 rings (SSSR count). The summed E-state index contributed by atoms with van der Waals surface area (Å²) in [6, 6.07) is 4.71. The molecule has 0 spiro atoms. The summed E-state index contributed by atoms with van der Waals surface area (Å²) in [6.45, 7) is 0. The molecule has 1 aromatic carbocycles. The lowest BCUT2D eigenvalue weighted by molar-refractivity contribution is -0.121. The average molecular weight is 372 g/mol. The fourth-order valence-electron chi connectivity index (χ4n) is 2.76. The summed E-state index contributed by atoms with van der Waals surface area (Å²) in [5.74, 6) is 0.233. The zero-order valence-electron chi connectivity index (χ0n) is 15.4. The highest BCUT2D eigenvalue weighted by atomic mass is 16.5. The summed E-state index contributed by atoms with van der Waals surface area (Å²) in [4.78, 5) is 23.9. The number of carbonyl (C=O) groups excluding carboxylic acids is 2. The van der Waals surface area contributed by atoms with E-state index >= 15 is 0 Å². The molecule has 2 N–H and O–H groups in total. The van der Waals surface area contributed by atoms with Crippen LogP contribution in [-0.2, 0) is 14.3 Å². The molecule has 0 aliphatic heterocycles. The molecule has 0 heterocycles. The minimum atomic E-state index is -0.597. The molecule has 0 unspecified atom stereocenters. The van der Waals surface area contributed by atoms with Crippen LogP contribution in [-0.4, -0.2) is 42.1 Å². The van der Waals surface area contributed by atoms with Crippen LogP contribution in [0, 0.1) is 5.92 Å². The van der Waals surface area contributed by atoms with E-state index in [1.807, 2.05) is 0 Å². The Morgan fingerprint density at radius 2 is 1.89 bits per heavy atom. The molecule has 0 saturated heterocycles. The van der Waals surface area contributed by atoms with Gasteiger partial charge in [-0.25, -0.2) is 0 Å². The van der Waals surface area contributed by atoms with Crippen molar-refractivity contribution in [1.82, 2.24) is 0 Å². The molecule has 6 heteroatoms. The molecule has 2 atom stereocenters. The molecule has 0 saturated carbocycles. The number of phenolic OH excluding ortho intramolecular Hbond substituents is 1. The Balaban J connectivity index is 1.90. The summed E-state index contributed by atoms with van der Waals surface area (Å²) in [5, 5.41) is 19.3. The van der Waals surface area contributed by atoms with E-state index in [-0.39, 0.29) is 29.7 Å². The number of benzene rings is 1. The van der Waals surface area contributed by atoms with Crippen LogP contribution in [0.15, 0.2) is 48.3 Å². The first kappa shape index (κ1) is 20.5. The first-order valence-corrected chi connectivity index (χ1v) is 8.65. The summed E-state index contributed by atoms with van der Waals surface area (Å²) in [5.41, 5.74) is 0.680. The molecule has 0 aromatic heterocycles. The van der Waals surface area contributed by atoms with Crippen molar-refractivity contribution in [2.24, 2.45) is 5.92 Å². The molecule has 144 valence electrons. The minimum Gasteiger partial charge on any atom is -0.504 e. The lowest BCUT2D eigenvalue weighted by atomic mass is 9.92. The van der Waals surface area contributed by atoms with Crippen molar-refractivity contribution in [3.63, 3.8) is 0 Å². The molecule has 0 bridgehead atoms. The van der Waals surface area contributed by atoms with Crippen molar-refractivity contribution in [2.45, 2.75) is 25.4 Å². The smallest absolute Gasteiger partial charge is 0.163 e. The Morgan fingerprint density at radius 1 is 1.15 bits per heavy atom. The second-order valence-corrected chi connectivity index (χ2v) is 6.26. The Labute approximate surface area is 158 Å². The number of aliphatic hydroxyl groups is 1. The van der Waals surface area contributed by atoms with Gasteiger partial charge in [0.2, 0.25) is 0 Å². The maximum absolute atomic E-state index is 12.0. The number of ketones is 2. The number of carbonyl (C=O) groups is 2. The molecule has 0 amide bonds. The lowest BCUT2D eigenvalue weighted by Crippen LogP contribution is -2.19. The van der Waals surface area contributed by atoms with E-state index in [2.05, 4.69) is 0 Å². The van der Waals surface area contributed by atoms with E-state index in [4.69, 9.17) is 9.47 Å². The predicted molar refractivity (Wildman–Crippen MR) is 101 cm³/mol. The molecule has 0 radical (unpaired) electrons. The number of hydrogen-bond acceptors (Lipinski definition) is 6. The van der Waals surface area contributed by atoms with Gasteiger partial charge in [0.15, 0.2) is 23.1 Å². The van der Waals surface area contributed by atoms with E-state index in [0.29, 0.717) is 29.9 Å². The molecule has 6 nitrogen and oxygen atoms in total. The van der Waals surface area contributed by atoms with Crippen molar-refractivity contribution >= 4 is 17.6 Å². The van der Waals surface area contributed by atoms with Crippen LogP contribution in [0.25, 0.3) is 6.08 Å². The van der Waals surface area contributed by atoms with E-state index in [0.717, 1.165) is 0 Å². The number of phenols is 1. The second kappa shape index (κ2) is 9.73. The van der Waals surface area contributed by atoms with Gasteiger partial charge in [0, 0.05) is 0 Å². The van der Waals surface area contributed by atoms with E-state index in [9.17, 15) is 19.8 Å². The van der Waals surface area contributed by atoms with Gasteiger partial charge in [-0.3, -0.25) is 9.59 Å². The fraction of sp³-hybridized carbons (Fsp3) is 0.333. The van der Waals surface area contributed by atoms with Gasteiger partial charge in [-0.2, -0.15) is 0 Å². The van der Waals surface area contributed by atoms with E-state index in [1.54, 1.807) is 30.4 Å². The van der Waals surface area contributed by atoms with Crippen molar-refractivity contribution in [1.29, 1.82) is 0 Å². The number of methoxy groups -OCH3 is 2. The number of aromatic hydroxyl groups is 1. The molecule has 1 aliphatic carbocycles. The molecular formula is C21H24O6. The van der Waals surface area contributed by atoms with Crippen molar-refractivity contribution in [3.05, 3.63) is 53.8 Å². The highest BCUT2D eigenvalue weighted by molar-refractivity contribution is 6.09. The molecule has 1 aromatic rings. The maximum Gasteiger partial charge on any atom is 0.163 e. The van der Waals surface area contributed by atoms with Crippen molar-refractivity contribution < 1.29 is 29.3 Å². The SMILES string of the molecule is COC1=C[C@@H](/C=C/C(=O)CC(=O)/C=C/c2ccc(O)c(OC)c2)CC[C@@H]1O. The van der Waals surface area contributed by atoms with Gasteiger partial charge in [0.1, 0.15) is 11.9 Å². The first-order chi connectivity index (χ1) is 12.9. The van der Waals surface area contributed by atoms with Crippen LogP contribution in [0.3, 0.4) is 0 Å². The Bertz CT molecular complexity index is 775. The summed E-state index contributed by atoms with van der Waals surface area (Å²) >= 11 is 0. The minimum absolute atomic E-state index is 0.00223.